The van der Waals surface area contributed by atoms with E-state index in [0.29, 0.717) is 0 Å². The van der Waals surface area contributed by atoms with Crippen LogP contribution in [0.3, 0.4) is 0 Å². The lowest BCUT2D eigenvalue weighted by molar-refractivity contribution is 0.129. The molecule has 1 rings (SSSR count). The van der Waals surface area contributed by atoms with Crippen LogP contribution in [0.1, 0.15) is 1.37 Å². The molecule has 1 heterocycles. The molecule has 0 N–H and O–H groups in total. The Bertz CT molecular complexity index is 175. The van der Waals surface area contributed by atoms with Crippen LogP contribution in [-0.4, -0.2) is 22.3 Å². The Kier molecular flexibility index (Phi) is 0.685. The number of hydrogen-bond donors (Lipinski definition) is 0. The smallest absolute Gasteiger partial charge is 0.106 e. The summed E-state index contributed by atoms with van der Waals surface area (Å²) in [5, 5.41) is 6.73. The Morgan fingerprint density at radius 2 is 2.86 bits per heavy atom. The fourth-order valence-corrected chi connectivity index (χ4v) is 0.260. The number of hydrogen-bond acceptors (Lipinski definition) is 3. The summed E-state index contributed by atoms with van der Waals surface area (Å²) in [5.41, 5.74) is 0. The predicted octanol–water partition coefficient (Wildman–Crippen LogP) is -0.663. The molecule has 38 valence electrons. The van der Waals surface area contributed by atoms with E-state index in [-0.39, 0.29) is 6.17 Å². The van der Waals surface area contributed by atoms with E-state index in [2.05, 4.69) is 15.1 Å². The van der Waals surface area contributed by atoms with Crippen LogP contribution in [-0.2, 0) is 0 Å². The SMILES string of the molecule is [2H]c1cn(OC)nn1. The zero-order valence-electron chi connectivity index (χ0n) is 4.83. The summed E-state index contributed by atoms with van der Waals surface area (Å²) in [4.78, 5) is 5.67. The number of aromatic nitrogens is 3. The van der Waals surface area contributed by atoms with Crippen LogP contribution in [0.5, 0.6) is 0 Å². The maximum Gasteiger partial charge on any atom is 0.106 e. The molecule has 0 atom stereocenters. The number of rotatable bonds is 1. The highest BCUT2D eigenvalue weighted by molar-refractivity contribution is 4.58. The van der Waals surface area contributed by atoms with Gasteiger partial charge in [0.2, 0.25) is 0 Å². The Labute approximate surface area is 42.1 Å². The van der Waals surface area contributed by atoms with E-state index in [1.54, 1.807) is 0 Å². The molecule has 0 bridgehead atoms. The van der Waals surface area contributed by atoms with Gasteiger partial charge in [-0.1, -0.05) is 4.85 Å². The van der Waals surface area contributed by atoms with E-state index in [1.165, 1.54) is 13.3 Å². The minimum Gasteiger partial charge on any atom is -0.399 e. The monoisotopic (exact) mass is 100 g/mol. The summed E-state index contributed by atoms with van der Waals surface area (Å²) in [6.07, 6.45) is 1.46. The summed E-state index contributed by atoms with van der Waals surface area (Å²) in [6, 6.07) is 0. The molecule has 0 saturated heterocycles. The Balaban J connectivity index is 2.84. The molecule has 4 nitrogen and oxygen atoms in total. The average molecular weight is 100 g/mol. The third kappa shape index (κ3) is 0.677. The topological polar surface area (TPSA) is 39.9 Å². The third-order valence-electron chi connectivity index (χ3n) is 0.546. The van der Waals surface area contributed by atoms with Crippen LogP contribution in [0.15, 0.2) is 12.4 Å². The normalized spacial score (nSPS) is 10.7. The molecule has 0 unspecified atom stereocenters. The lowest BCUT2D eigenvalue weighted by atomic mass is 11.0. The molecular formula is C3H5N3O. The van der Waals surface area contributed by atoms with Gasteiger partial charge in [-0.25, -0.2) is 0 Å². The van der Waals surface area contributed by atoms with Crippen molar-refractivity contribution >= 4 is 0 Å². The average Bonchev–Trinajstić information content (AvgIpc) is 2.14. The fourth-order valence-electron chi connectivity index (χ4n) is 0.260. The maximum absolute atomic E-state index is 6.84. The van der Waals surface area contributed by atoms with Gasteiger partial charge in [-0.15, -0.1) is 5.10 Å². The standard InChI is InChI=1S/C3H5N3O/c1-7-6-3-2-4-5-6/h2-3H,1H3/i2D. The fraction of sp³-hybridized carbons (Fsp3) is 0.333. The van der Waals surface area contributed by atoms with Gasteiger partial charge in [0.15, 0.2) is 0 Å². The molecule has 0 fully saturated rings. The van der Waals surface area contributed by atoms with Crippen LogP contribution in [0.25, 0.3) is 0 Å². The zero-order valence-corrected chi connectivity index (χ0v) is 3.83. The Morgan fingerprint density at radius 1 is 2.00 bits per heavy atom. The van der Waals surface area contributed by atoms with Crippen molar-refractivity contribution in [3.63, 3.8) is 0 Å². The van der Waals surface area contributed by atoms with Gasteiger partial charge in [-0.3, -0.25) is 0 Å². The van der Waals surface area contributed by atoms with Gasteiger partial charge in [0.05, 0.1) is 13.7 Å². The highest BCUT2D eigenvalue weighted by Gasteiger charge is 1.79. The Hall–Kier alpha value is -1.06. The van der Waals surface area contributed by atoms with E-state index in [4.69, 9.17) is 1.37 Å². The summed E-state index contributed by atoms with van der Waals surface area (Å²) in [5.74, 6) is 0. The van der Waals surface area contributed by atoms with Gasteiger partial charge < -0.3 is 4.84 Å². The molecule has 0 radical (unpaired) electrons. The van der Waals surface area contributed by atoms with E-state index < -0.39 is 0 Å². The van der Waals surface area contributed by atoms with E-state index in [9.17, 15) is 0 Å². The zero-order chi connectivity index (χ0) is 5.98. The largest absolute Gasteiger partial charge is 0.399 e. The van der Waals surface area contributed by atoms with E-state index >= 15 is 0 Å². The van der Waals surface area contributed by atoms with Gasteiger partial charge in [-0.05, 0) is 5.21 Å². The van der Waals surface area contributed by atoms with Crippen molar-refractivity contribution in [2.75, 3.05) is 7.11 Å². The maximum atomic E-state index is 6.84. The van der Waals surface area contributed by atoms with Crippen molar-refractivity contribution in [3.8, 4) is 0 Å². The second-order valence-corrected chi connectivity index (χ2v) is 0.933. The lowest BCUT2D eigenvalue weighted by Gasteiger charge is -1.89. The minimum atomic E-state index is 0.104. The van der Waals surface area contributed by atoms with Crippen LogP contribution >= 0.6 is 0 Å². The predicted molar refractivity (Wildman–Crippen MR) is 22.5 cm³/mol. The molecule has 0 saturated carbocycles. The summed E-state index contributed by atoms with van der Waals surface area (Å²) >= 11 is 0. The molecule has 1 aromatic rings. The molecule has 0 aliphatic rings. The quantitative estimate of drug-likeness (QED) is 0.470. The number of nitrogens with zero attached hydrogens (tertiary/aromatic N) is 3. The van der Waals surface area contributed by atoms with Gasteiger partial charge in [-0.2, -0.15) is 0 Å². The van der Waals surface area contributed by atoms with Crippen LogP contribution in [0.2, 0.25) is 0 Å². The molecule has 7 heavy (non-hydrogen) atoms. The second-order valence-electron chi connectivity index (χ2n) is 0.933. The van der Waals surface area contributed by atoms with E-state index in [0.717, 1.165) is 4.85 Å². The highest BCUT2D eigenvalue weighted by atomic mass is 16.7. The first-order chi connectivity index (χ1) is 3.83. The first kappa shape index (κ1) is 3.01. The molecular weight excluding hydrogens is 94.1 g/mol. The van der Waals surface area contributed by atoms with Crippen molar-refractivity contribution in [1.29, 1.82) is 0 Å². The first-order valence-electron chi connectivity index (χ1n) is 2.26. The van der Waals surface area contributed by atoms with Crippen molar-refractivity contribution in [2.24, 2.45) is 0 Å². The third-order valence-corrected chi connectivity index (χ3v) is 0.546. The van der Waals surface area contributed by atoms with Crippen molar-refractivity contribution in [3.05, 3.63) is 12.4 Å². The highest BCUT2D eigenvalue weighted by Crippen LogP contribution is 1.68. The molecule has 0 aromatic carbocycles. The summed E-state index contributed by atoms with van der Waals surface area (Å²) < 4.78 is 6.84. The van der Waals surface area contributed by atoms with Crippen LogP contribution in [0.4, 0.5) is 0 Å². The van der Waals surface area contributed by atoms with Crippen molar-refractivity contribution < 1.29 is 6.21 Å². The van der Waals surface area contributed by atoms with Gasteiger partial charge >= 0.3 is 0 Å². The molecule has 0 spiro atoms. The van der Waals surface area contributed by atoms with Gasteiger partial charge in [0.1, 0.15) is 7.11 Å². The first-order valence-corrected chi connectivity index (χ1v) is 1.76. The van der Waals surface area contributed by atoms with Crippen molar-refractivity contribution in [1.82, 2.24) is 15.2 Å². The summed E-state index contributed by atoms with van der Waals surface area (Å²) in [7, 11) is 1.45. The van der Waals surface area contributed by atoms with Gasteiger partial charge in [0.25, 0.3) is 0 Å². The molecule has 0 aliphatic heterocycles. The minimum absolute atomic E-state index is 0.104. The molecule has 1 aromatic heterocycles. The molecule has 4 heteroatoms. The van der Waals surface area contributed by atoms with Gasteiger partial charge in [0, 0.05) is 0 Å². The molecule has 0 amide bonds. The van der Waals surface area contributed by atoms with Crippen LogP contribution < -0.4 is 4.84 Å². The second kappa shape index (κ2) is 1.59. The van der Waals surface area contributed by atoms with E-state index in [1.807, 2.05) is 0 Å². The molecule has 0 aliphatic carbocycles. The van der Waals surface area contributed by atoms with Crippen molar-refractivity contribution in [2.45, 2.75) is 0 Å². The lowest BCUT2D eigenvalue weighted by Crippen LogP contribution is -2.05. The van der Waals surface area contributed by atoms with Crippen LogP contribution in [0, 0.1) is 0 Å². The summed E-state index contributed by atoms with van der Waals surface area (Å²) in [6.45, 7) is 0. The Morgan fingerprint density at radius 3 is 3.14 bits per heavy atom.